The minimum Gasteiger partial charge on any atom is -0.467 e. The van der Waals surface area contributed by atoms with Gasteiger partial charge in [0, 0.05) is 66.4 Å². The number of nitrogens with one attached hydrogen (secondary N) is 1. The Morgan fingerprint density at radius 1 is 0.759 bits per heavy atom. The lowest BCUT2D eigenvalue weighted by Gasteiger charge is -2.35. The van der Waals surface area contributed by atoms with Crippen molar-refractivity contribution in [2.75, 3.05) is 33.3 Å². The molecule has 6 rings (SSSR count). The second-order valence-corrected chi connectivity index (χ2v) is 17.0. The maximum Gasteiger partial charge on any atom is 0.410 e. The van der Waals surface area contributed by atoms with Gasteiger partial charge in [-0.2, -0.15) is 0 Å². The Balaban J connectivity index is 1.35. The summed E-state index contributed by atoms with van der Waals surface area (Å²) in [6.07, 6.45) is 5.54. The van der Waals surface area contributed by atoms with Crippen LogP contribution in [0.2, 0.25) is 0 Å². The van der Waals surface area contributed by atoms with Gasteiger partial charge in [-0.3, -0.25) is 4.79 Å². The second-order valence-electron chi connectivity index (χ2n) is 17.0. The van der Waals surface area contributed by atoms with Gasteiger partial charge >= 0.3 is 18.0 Å². The van der Waals surface area contributed by atoms with Crippen molar-refractivity contribution in [3.05, 3.63) is 72.2 Å². The molecule has 1 aliphatic heterocycles. The number of hydrogen-bond donors (Lipinski definition) is 1. The summed E-state index contributed by atoms with van der Waals surface area (Å²) < 4.78 is 19.5. The molecule has 0 aliphatic carbocycles. The number of methoxy groups -OCH3 is 1. The summed E-state index contributed by atoms with van der Waals surface area (Å²) in [5.74, 6) is -1.02. The molecule has 1 saturated heterocycles. The van der Waals surface area contributed by atoms with Crippen molar-refractivity contribution < 1.29 is 33.4 Å². The Morgan fingerprint density at radius 2 is 1.33 bits per heavy atom. The zero-order valence-electron chi connectivity index (χ0n) is 34.7. The number of piperazine rings is 1. The number of aromatic nitrogens is 7. The molecular weight excluding hydrogens is 743 g/mol. The number of esters is 2. The van der Waals surface area contributed by atoms with E-state index in [1.54, 1.807) is 34.3 Å². The average Bonchev–Trinajstić information content (AvgIpc) is 3.95. The number of nitrogens with zero attached hydrogens (tertiary/aromatic N) is 8. The predicted octanol–water partition coefficient (Wildman–Crippen LogP) is 6.26. The minimum atomic E-state index is -0.832. The topological polar surface area (TPSA) is 180 Å². The van der Waals surface area contributed by atoms with Gasteiger partial charge < -0.3 is 29.0 Å². The van der Waals surface area contributed by atoms with Gasteiger partial charge in [0.1, 0.15) is 22.6 Å². The lowest BCUT2D eigenvalue weighted by Crippen LogP contribution is -2.51. The summed E-state index contributed by atoms with van der Waals surface area (Å²) in [6, 6.07) is 11.5. The number of carbonyl (C=O) groups excluding carboxylic acids is 4. The molecule has 0 saturated carbocycles. The molecule has 1 fully saturated rings. The third-order valence-corrected chi connectivity index (χ3v) is 9.58. The lowest BCUT2D eigenvalue weighted by molar-refractivity contribution is -0.160. The third kappa shape index (κ3) is 9.90. The predicted molar refractivity (Wildman–Crippen MR) is 216 cm³/mol. The Labute approximate surface area is 337 Å². The second kappa shape index (κ2) is 16.8. The van der Waals surface area contributed by atoms with E-state index in [9.17, 15) is 19.2 Å². The van der Waals surface area contributed by atoms with Crippen LogP contribution >= 0.6 is 0 Å². The van der Waals surface area contributed by atoms with Gasteiger partial charge in [-0.25, -0.2) is 23.7 Å². The van der Waals surface area contributed by atoms with Crippen LogP contribution in [0.15, 0.2) is 61.1 Å². The van der Waals surface area contributed by atoms with Crippen LogP contribution < -0.4 is 0 Å². The first kappa shape index (κ1) is 41.6. The van der Waals surface area contributed by atoms with E-state index in [1.165, 1.54) is 16.5 Å². The van der Waals surface area contributed by atoms with Crippen LogP contribution in [0.1, 0.15) is 89.8 Å². The number of hydrogen-bond acceptors (Lipinski definition) is 11. The van der Waals surface area contributed by atoms with Gasteiger partial charge in [0.15, 0.2) is 12.1 Å². The molecule has 1 N–H and O–H groups in total. The van der Waals surface area contributed by atoms with Gasteiger partial charge in [0.05, 0.1) is 19.5 Å². The summed E-state index contributed by atoms with van der Waals surface area (Å²) in [7, 11) is 1.33. The molecule has 0 radical (unpaired) electrons. The number of rotatable bonds is 11. The third-order valence-electron chi connectivity index (χ3n) is 9.58. The van der Waals surface area contributed by atoms with Gasteiger partial charge in [-0.05, 0) is 83.7 Å². The molecule has 1 aliphatic rings. The standard InChI is InChI=1S/C42H53N9O7/c1-26(2)18-35(39(54)57-41(3,4)5)50-24-33(44-46-50)27-19-28(21-29(20-27)37(52)48-14-16-49(17-15-48)40(55)58-42(6,7)8)34-25-51(47-45-34)36(38(53)56-9)22-30-23-43-32-13-11-10-12-31(30)32/h10-13,19-21,23-26,35-36,43H,14-18,22H2,1-9H3/t35-,36-/m0/s1. The molecule has 0 unspecified atom stereocenters. The van der Waals surface area contributed by atoms with E-state index >= 15 is 0 Å². The van der Waals surface area contributed by atoms with Gasteiger partial charge in [-0.15, -0.1) is 10.2 Å². The fourth-order valence-corrected chi connectivity index (χ4v) is 6.83. The number of H-pyrrole nitrogens is 1. The van der Waals surface area contributed by atoms with Gasteiger partial charge in [0.25, 0.3) is 5.91 Å². The molecule has 16 heteroatoms. The van der Waals surface area contributed by atoms with E-state index < -0.39 is 41.3 Å². The number of fused-ring (bicyclic) bond motifs is 1. The zero-order valence-corrected chi connectivity index (χ0v) is 34.7. The number of carbonyl (C=O) groups is 4. The largest absolute Gasteiger partial charge is 0.467 e. The first-order chi connectivity index (χ1) is 27.4. The smallest absolute Gasteiger partial charge is 0.410 e. The minimum absolute atomic E-state index is 0.154. The van der Waals surface area contributed by atoms with E-state index in [0.29, 0.717) is 60.7 Å². The molecular formula is C42H53N9O7. The summed E-state index contributed by atoms with van der Waals surface area (Å²) in [6.45, 7) is 16.1. The Morgan fingerprint density at radius 3 is 1.90 bits per heavy atom. The van der Waals surface area contributed by atoms with Crippen LogP contribution in [0, 0.1) is 5.92 Å². The monoisotopic (exact) mass is 795 g/mol. The molecule has 2 atom stereocenters. The van der Waals surface area contributed by atoms with E-state index in [2.05, 4.69) is 25.6 Å². The summed E-state index contributed by atoms with van der Waals surface area (Å²) in [4.78, 5) is 60.1. The van der Waals surface area contributed by atoms with Crippen LogP contribution in [0.4, 0.5) is 4.79 Å². The number of amides is 2. The molecule has 308 valence electrons. The normalized spacial score (nSPS) is 14.7. The molecule has 2 aromatic carbocycles. The molecule has 16 nitrogen and oxygen atoms in total. The van der Waals surface area contributed by atoms with E-state index in [4.69, 9.17) is 14.2 Å². The van der Waals surface area contributed by atoms with Crippen molar-refractivity contribution in [3.63, 3.8) is 0 Å². The van der Waals surface area contributed by atoms with E-state index in [1.807, 2.05) is 91.9 Å². The van der Waals surface area contributed by atoms with Crippen molar-refractivity contribution in [3.8, 4) is 22.5 Å². The number of para-hydroxylation sites is 1. The van der Waals surface area contributed by atoms with Crippen LogP contribution in [-0.2, 0) is 30.2 Å². The van der Waals surface area contributed by atoms with Crippen LogP contribution in [0.25, 0.3) is 33.4 Å². The van der Waals surface area contributed by atoms with Crippen molar-refractivity contribution in [2.24, 2.45) is 5.92 Å². The maximum atomic E-state index is 14.2. The molecule has 58 heavy (non-hydrogen) atoms. The van der Waals surface area contributed by atoms with Crippen LogP contribution in [0.3, 0.4) is 0 Å². The number of aromatic amines is 1. The summed E-state index contributed by atoms with van der Waals surface area (Å²) >= 11 is 0. The van der Waals surface area contributed by atoms with Crippen LogP contribution in [-0.4, -0.2) is 113 Å². The number of benzene rings is 2. The van der Waals surface area contributed by atoms with Crippen molar-refractivity contribution in [2.45, 2.75) is 91.5 Å². The zero-order chi connectivity index (χ0) is 41.9. The van der Waals surface area contributed by atoms with Crippen molar-refractivity contribution in [1.82, 2.24) is 44.8 Å². The maximum absolute atomic E-state index is 14.2. The summed E-state index contributed by atoms with van der Waals surface area (Å²) in [5.41, 5.74) is 2.77. The highest BCUT2D eigenvalue weighted by Crippen LogP contribution is 2.31. The Bertz CT molecular complexity index is 2270. The fraction of sp³-hybridized carbons (Fsp3) is 0.476. The van der Waals surface area contributed by atoms with E-state index in [0.717, 1.165) is 16.5 Å². The quantitative estimate of drug-likeness (QED) is 0.118. The summed E-state index contributed by atoms with van der Waals surface area (Å²) in [5, 5.41) is 18.6. The highest BCUT2D eigenvalue weighted by atomic mass is 16.6. The van der Waals surface area contributed by atoms with E-state index in [-0.39, 0.29) is 18.2 Å². The Hall–Kier alpha value is -6.06. The molecule has 2 amide bonds. The molecule has 0 bridgehead atoms. The van der Waals surface area contributed by atoms with Gasteiger partial charge in [-0.1, -0.05) is 42.5 Å². The molecule has 3 aromatic heterocycles. The fourth-order valence-electron chi connectivity index (χ4n) is 6.83. The molecule has 4 heterocycles. The van der Waals surface area contributed by atoms with Gasteiger partial charge in [0.2, 0.25) is 0 Å². The highest BCUT2D eigenvalue weighted by Gasteiger charge is 2.31. The van der Waals surface area contributed by atoms with Crippen molar-refractivity contribution >= 4 is 34.8 Å². The molecule has 0 spiro atoms. The average molecular weight is 796 g/mol. The number of ether oxygens (including phenoxy) is 3. The Kier molecular flexibility index (Phi) is 12.0. The molecule has 5 aromatic rings. The van der Waals surface area contributed by atoms with Crippen molar-refractivity contribution in [1.29, 1.82) is 0 Å². The first-order valence-electron chi connectivity index (χ1n) is 19.5. The van der Waals surface area contributed by atoms with Crippen LogP contribution in [0.5, 0.6) is 0 Å². The SMILES string of the molecule is COC(=O)[C@H](Cc1c[nH]c2ccccc12)n1cc(-c2cc(C(=O)N3CCN(C(=O)OC(C)(C)C)CC3)cc(-c3cn([C@@H](CC(C)C)C(=O)OC(C)(C)C)nn3)c2)nn1. The highest BCUT2D eigenvalue weighted by molar-refractivity contribution is 5.97. The first-order valence-corrected chi connectivity index (χ1v) is 19.5. The lowest BCUT2D eigenvalue weighted by atomic mass is 10.0.